The van der Waals surface area contributed by atoms with Gasteiger partial charge in [0, 0.05) is 30.6 Å². The van der Waals surface area contributed by atoms with Gasteiger partial charge in [-0.05, 0) is 38.2 Å². The SMILES string of the molecule is Cc1nn(-c2ccccc2)c(C)c1CN(C)C(=O)[C@@]1(O)CCSC1. The highest BCUT2D eigenvalue weighted by atomic mass is 32.2. The maximum Gasteiger partial charge on any atom is 0.255 e. The Morgan fingerprint density at radius 2 is 2.08 bits per heavy atom. The molecular weight excluding hydrogens is 322 g/mol. The number of thioether (sulfide) groups is 1. The lowest BCUT2D eigenvalue weighted by Gasteiger charge is -2.27. The Labute approximate surface area is 146 Å². The van der Waals surface area contributed by atoms with Crippen molar-refractivity contribution in [2.45, 2.75) is 32.4 Å². The minimum Gasteiger partial charge on any atom is -0.379 e. The highest BCUT2D eigenvalue weighted by Crippen LogP contribution is 2.30. The first-order valence-corrected chi connectivity index (χ1v) is 9.24. The number of aryl methyl sites for hydroxylation is 1. The molecule has 0 aliphatic carbocycles. The summed E-state index contributed by atoms with van der Waals surface area (Å²) in [6.07, 6.45) is 0.530. The van der Waals surface area contributed by atoms with E-state index in [0.29, 0.717) is 18.7 Å². The summed E-state index contributed by atoms with van der Waals surface area (Å²) < 4.78 is 1.91. The summed E-state index contributed by atoms with van der Waals surface area (Å²) in [5.74, 6) is 1.12. The van der Waals surface area contributed by atoms with Gasteiger partial charge in [0.05, 0.1) is 11.4 Å². The third-order valence-corrected chi connectivity index (χ3v) is 5.76. The fourth-order valence-corrected chi connectivity index (χ4v) is 4.34. The lowest BCUT2D eigenvalue weighted by molar-refractivity contribution is -0.147. The summed E-state index contributed by atoms with van der Waals surface area (Å²) >= 11 is 1.63. The molecule has 1 aliphatic rings. The van der Waals surface area contributed by atoms with Gasteiger partial charge in [-0.3, -0.25) is 4.79 Å². The van der Waals surface area contributed by atoms with Crippen molar-refractivity contribution >= 4 is 17.7 Å². The number of aromatic nitrogens is 2. The predicted molar refractivity (Wildman–Crippen MR) is 96.4 cm³/mol. The van der Waals surface area contributed by atoms with Gasteiger partial charge in [0.15, 0.2) is 5.60 Å². The summed E-state index contributed by atoms with van der Waals surface area (Å²) in [7, 11) is 1.75. The van der Waals surface area contributed by atoms with E-state index < -0.39 is 5.60 Å². The zero-order valence-corrected chi connectivity index (χ0v) is 15.1. The molecule has 0 unspecified atom stereocenters. The van der Waals surface area contributed by atoms with Crippen molar-refractivity contribution in [2.24, 2.45) is 0 Å². The van der Waals surface area contributed by atoms with Crippen LogP contribution in [-0.4, -0.2) is 49.8 Å². The molecule has 0 bridgehead atoms. The van der Waals surface area contributed by atoms with Gasteiger partial charge < -0.3 is 10.0 Å². The van der Waals surface area contributed by atoms with Crippen LogP contribution < -0.4 is 0 Å². The number of hydrogen-bond acceptors (Lipinski definition) is 4. The number of amides is 1. The summed E-state index contributed by atoms with van der Waals surface area (Å²) in [5, 5.41) is 15.1. The minimum atomic E-state index is -1.21. The molecule has 1 aliphatic heterocycles. The second-order valence-electron chi connectivity index (χ2n) is 6.39. The lowest BCUT2D eigenvalue weighted by Crippen LogP contribution is -2.47. The molecule has 1 fully saturated rings. The summed E-state index contributed by atoms with van der Waals surface area (Å²) in [5.41, 5.74) is 2.75. The quantitative estimate of drug-likeness (QED) is 0.924. The maximum absolute atomic E-state index is 12.6. The molecule has 0 saturated carbocycles. The second kappa shape index (κ2) is 6.61. The molecule has 0 radical (unpaired) electrons. The molecule has 3 rings (SSSR count). The van der Waals surface area contributed by atoms with E-state index in [1.807, 2.05) is 48.9 Å². The number of benzene rings is 1. The average Bonchev–Trinajstić information content (AvgIpc) is 3.14. The molecule has 6 heteroatoms. The van der Waals surface area contributed by atoms with Gasteiger partial charge >= 0.3 is 0 Å². The number of nitrogens with zero attached hydrogens (tertiary/aromatic N) is 3. The zero-order valence-electron chi connectivity index (χ0n) is 14.3. The van der Waals surface area contributed by atoms with E-state index >= 15 is 0 Å². The number of carbonyl (C=O) groups is 1. The Bertz CT molecular complexity index is 736. The molecule has 2 aromatic rings. The van der Waals surface area contributed by atoms with Crippen LogP contribution in [0.5, 0.6) is 0 Å². The Balaban J connectivity index is 1.83. The molecule has 2 heterocycles. The van der Waals surface area contributed by atoms with Crippen LogP contribution in [0.25, 0.3) is 5.69 Å². The zero-order chi connectivity index (χ0) is 17.3. The van der Waals surface area contributed by atoms with Crippen molar-refractivity contribution in [3.63, 3.8) is 0 Å². The largest absolute Gasteiger partial charge is 0.379 e. The van der Waals surface area contributed by atoms with Gasteiger partial charge in [-0.1, -0.05) is 18.2 Å². The molecule has 0 spiro atoms. The average molecular weight is 345 g/mol. The van der Waals surface area contributed by atoms with E-state index in [1.165, 1.54) is 0 Å². The van der Waals surface area contributed by atoms with Crippen molar-refractivity contribution in [3.8, 4) is 5.69 Å². The van der Waals surface area contributed by atoms with Crippen LogP contribution in [0, 0.1) is 13.8 Å². The van der Waals surface area contributed by atoms with Gasteiger partial charge in [-0.2, -0.15) is 16.9 Å². The summed E-state index contributed by atoms with van der Waals surface area (Å²) in [6, 6.07) is 9.96. The summed E-state index contributed by atoms with van der Waals surface area (Å²) in [4.78, 5) is 14.2. The highest BCUT2D eigenvalue weighted by molar-refractivity contribution is 7.99. The third-order valence-electron chi connectivity index (χ3n) is 4.58. The van der Waals surface area contributed by atoms with Crippen molar-refractivity contribution in [1.29, 1.82) is 0 Å². The van der Waals surface area contributed by atoms with E-state index in [0.717, 1.165) is 28.4 Å². The first-order valence-electron chi connectivity index (χ1n) is 8.08. The minimum absolute atomic E-state index is 0.196. The Morgan fingerprint density at radius 1 is 1.38 bits per heavy atom. The fourth-order valence-electron chi connectivity index (χ4n) is 3.11. The number of hydrogen-bond donors (Lipinski definition) is 1. The second-order valence-corrected chi connectivity index (χ2v) is 7.50. The third kappa shape index (κ3) is 3.08. The maximum atomic E-state index is 12.6. The molecule has 1 aromatic heterocycles. The normalized spacial score (nSPS) is 20.3. The smallest absolute Gasteiger partial charge is 0.255 e. The number of rotatable bonds is 4. The molecule has 24 heavy (non-hydrogen) atoms. The van der Waals surface area contributed by atoms with Crippen LogP contribution in [0.15, 0.2) is 30.3 Å². The number of aliphatic hydroxyl groups is 1. The molecule has 1 saturated heterocycles. The highest BCUT2D eigenvalue weighted by Gasteiger charge is 2.41. The Hall–Kier alpha value is -1.79. The first-order chi connectivity index (χ1) is 11.4. The lowest BCUT2D eigenvalue weighted by atomic mass is 10.0. The van der Waals surface area contributed by atoms with Gasteiger partial charge in [0.1, 0.15) is 0 Å². The van der Waals surface area contributed by atoms with Crippen LogP contribution in [0.2, 0.25) is 0 Å². The van der Waals surface area contributed by atoms with E-state index in [2.05, 4.69) is 5.10 Å². The molecule has 5 nitrogen and oxygen atoms in total. The number of para-hydroxylation sites is 1. The van der Waals surface area contributed by atoms with Gasteiger partial charge in [-0.15, -0.1) is 0 Å². The standard InChI is InChI=1S/C18H23N3O2S/c1-13-16(11-20(3)17(22)18(23)9-10-24-12-18)14(2)21(19-13)15-7-5-4-6-8-15/h4-8,23H,9-12H2,1-3H3/t18-/m1/s1. The summed E-state index contributed by atoms with van der Waals surface area (Å²) in [6.45, 7) is 4.43. The van der Waals surface area contributed by atoms with Gasteiger partial charge in [0.2, 0.25) is 0 Å². The van der Waals surface area contributed by atoms with E-state index in [4.69, 9.17) is 0 Å². The van der Waals surface area contributed by atoms with Crippen LogP contribution in [0.3, 0.4) is 0 Å². The fraction of sp³-hybridized carbons (Fsp3) is 0.444. The molecule has 1 amide bonds. The van der Waals surface area contributed by atoms with Crippen molar-refractivity contribution in [2.75, 3.05) is 18.6 Å². The molecule has 128 valence electrons. The van der Waals surface area contributed by atoms with Gasteiger partial charge in [0.25, 0.3) is 5.91 Å². The van der Waals surface area contributed by atoms with Crippen LogP contribution in [0.1, 0.15) is 23.4 Å². The topological polar surface area (TPSA) is 58.4 Å². The predicted octanol–water partition coefficient (Wildman–Crippen LogP) is 2.32. The van der Waals surface area contributed by atoms with Crippen LogP contribution in [-0.2, 0) is 11.3 Å². The monoisotopic (exact) mass is 345 g/mol. The Kier molecular flexibility index (Phi) is 4.69. The number of carbonyl (C=O) groups excluding carboxylic acids is 1. The number of likely N-dealkylation sites (N-methyl/N-ethyl adjacent to an activating group) is 1. The van der Waals surface area contributed by atoms with Crippen molar-refractivity contribution in [3.05, 3.63) is 47.3 Å². The molecular formula is C18H23N3O2S. The van der Waals surface area contributed by atoms with Gasteiger partial charge in [-0.25, -0.2) is 4.68 Å². The van der Waals surface area contributed by atoms with E-state index in [-0.39, 0.29) is 5.91 Å². The van der Waals surface area contributed by atoms with E-state index in [9.17, 15) is 9.90 Å². The Morgan fingerprint density at radius 3 is 2.71 bits per heavy atom. The van der Waals surface area contributed by atoms with Crippen LogP contribution in [0.4, 0.5) is 0 Å². The molecule has 1 N–H and O–H groups in total. The van der Waals surface area contributed by atoms with Crippen molar-refractivity contribution < 1.29 is 9.90 Å². The van der Waals surface area contributed by atoms with E-state index in [1.54, 1.807) is 23.7 Å². The molecule has 1 aromatic carbocycles. The van der Waals surface area contributed by atoms with Crippen molar-refractivity contribution in [1.82, 2.24) is 14.7 Å². The van der Waals surface area contributed by atoms with Crippen LogP contribution >= 0.6 is 11.8 Å². The first kappa shape index (κ1) is 17.0. The molecule has 1 atom stereocenters.